The zero-order valence-corrected chi connectivity index (χ0v) is 11.6. The number of hydrogen-bond donors (Lipinski definition) is 1. The molecule has 2 N–H and O–H groups in total. The molecule has 17 heavy (non-hydrogen) atoms. The standard InChI is InChI=1S/C12H12Cl2N2S/c1-7(8-2-4-16-5-3-8)11(15)9-6-10(13)17-12(9)14/h2-7,11H,15H2,1H3. The Labute approximate surface area is 114 Å². The summed E-state index contributed by atoms with van der Waals surface area (Å²) < 4.78 is 1.34. The number of hydrogen-bond acceptors (Lipinski definition) is 3. The number of aromatic nitrogens is 1. The number of nitrogens with zero attached hydrogens (tertiary/aromatic N) is 1. The second-order valence-electron chi connectivity index (χ2n) is 3.87. The maximum atomic E-state index is 6.23. The van der Waals surface area contributed by atoms with Crippen molar-refractivity contribution >= 4 is 34.5 Å². The fourth-order valence-electron chi connectivity index (χ4n) is 1.72. The molecule has 0 aliphatic carbocycles. The number of halogens is 2. The molecule has 2 rings (SSSR count). The van der Waals surface area contributed by atoms with Crippen LogP contribution in [0.15, 0.2) is 30.6 Å². The van der Waals surface area contributed by atoms with Crippen molar-refractivity contribution < 1.29 is 0 Å². The number of rotatable bonds is 3. The van der Waals surface area contributed by atoms with Gasteiger partial charge >= 0.3 is 0 Å². The highest BCUT2D eigenvalue weighted by Crippen LogP contribution is 2.38. The summed E-state index contributed by atoms with van der Waals surface area (Å²) in [5, 5.41) is 0. The van der Waals surface area contributed by atoms with Crippen LogP contribution in [0, 0.1) is 0 Å². The molecule has 2 aromatic rings. The molecule has 2 heterocycles. The van der Waals surface area contributed by atoms with Gasteiger partial charge in [-0.25, -0.2) is 0 Å². The third kappa shape index (κ3) is 2.80. The molecule has 0 spiro atoms. The van der Waals surface area contributed by atoms with E-state index in [1.165, 1.54) is 11.3 Å². The molecule has 0 amide bonds. The lowest BCUT2D eigenvalue weighted by atomic mass is 9.91. The molecule has 2 nitrogen and oxygen atoms in total. The zero-order chi connectivity index (χ0) is 12.4. The van der Waals surface area contributed by atoms with Crippen LogP contribution >= 0.6 is 34.5 Å². The summed E-state index contributed by atoms with van der Waals surface area (Å²) in [6.07, 6.45) is 3.53. The van der Waals surface area contributed by atoms with Crippen LogP contribution in [0.1, 0.15) is 30.0 Å². The van der Waals surface area contributed by atoms with Gasteiger partial charge in [-0.2, -0.15) is 0 Å². The Hall–Kier alpha value is -0.610. The minimum Gasteiger partial charge on any atom is -0.323 e. The minimum absolute atomic E-state index is 0.159. The molecule has 0 aromatic carbocycles. The Bertz CT molecular complexity index is 498. The van der Waals surface area contributed by atoms with Crippen molar-refractivity contribution in [1.29, 1.82) is 0 Å². The van der Waals surface area contributed by atoms with E-state index in [1.807, 2.05) is 18.2 Å². The predicted octanol–water partition coefficient (Wildman–Crippen LogP) is 4.25. The van der Waals surface area contributed by atoms with Gasteiger partial charge in [0.15, 0.2) is 0 Å². The van der Waals surface area contributed by atoms with Gasteiger partial charge in [0.05, 0.1) is 8.67 Å². The van der Waals surface area contributed by atoms with Crippen LogP contribution in [0.5, 0.6) is 0 Å². The van der Waals surface area contributed by atoms with Crippen molar-refractivity contribution in [2.24, 2.45) is 5.73 Å². The third-order valence-corrected chi connectivity index (χ3v) is 4.33. The van der Waals surface area contributed by atoms with Crippen molar-refractivity contribution in [2.75, 3.05) is 0 Å². The largest absolute Gasteiger partial charge is 0.323 e. The fraction of sp³-hybridized carbons (Fsp3) is 0.250. The SMILES string of the molecule is CC(c1ccncc1)C(N)c1cc(Cl)sc1Cl. The molecule has 0 aliphatic rings. The summed E-state index contributed by atoms with van der Waals surface area (Å²) in [4.78, 5) is 4.00. The first-order chi connectivity index (χ1) is 8.09. The fourth-order valence-corrected chi connectivity index (χ4v) is 3.29. The molecule has 5 heteroatoms. The van der Waals surface area contributed by atoms with E-state index in [0.29, 0.717) is 8.67 Å². The predicted molar refractivity (Wildman–Crippen MR) is 73.9 cm³/mol. The Kier molecular flexibility index (Phi) is 4.05. The Morgan fingerprint density at radius 2 is 1.94 bits per heavy atom. The number of thiophene rings is 1. The summed E-state index contributed by atoms with van der Waals surface area (Å²) in [5.74, 6) is 0.168. The normalized spacial score (nSPS) is 14.6. The van der Waals surface area contributed by atoms with Crippen molar-refractivity contribution in [3.05, 3.63) is 50.4 Å². The van der Waals surface area contributed by atoms with Crippen LogP contribution in [0.4, 0.5) is 0 Å². The van der Waals surface area contributed by atoms with Gasteiger partial charge < -0.3 is 5.73 Å². The topological polar surface area (TPSA) is 38.9 Å². The number of nitrogens with two attached hydrogens (primary N) is 1. The Morgan fingerprint density at radius 3 is 2.47 bits per heavy atom. The van der Waals surface area contributed by atoms with Crippen LogP contribution in [0.25, 0.3) is 0 Å². The first-order valence-electron chi connectivity index (χ1n) is 5.20. The highest BCUT2D eigenvalue weighted by Gasteiger charge is 2.21. The Balaban J connectivity index is 2.26. The minimum atomic E-state index is -0.159. The highest BCUT2D eigenvalue weighted by molar-refractivity contribution is 7.20. The van der Waals surface area contributed by atoms with Gasteiger partial charge in [-0.3, -0.25) is 4.98 Å². The van der Waals surface area contributed by atoms with E-state index >= 15 is 0 Å². The number of pyridine rings is 1. The average molecular weight is 287 g/mol. The van der Waals surface area contributed by atoms with E-state index in [0.717, 1.165) is 11.1 Å². The molecule has 0 saturated heterocycles. The second-order valence-corrected chi connectivity index (χ2v) is 6.16. The van der Waals surface area contributed by atoms with Gasteiger partial charge in [0.2, 0.25) is 0 Å². The summed E-state index contributed by atoms with van der Waals surface area (Å²) in [6.45, 7) is 2.07. The maximum Gasteiger partial charge on any atom is 0.0992 e. The van der Waals surface area contributed by atoms with Gasteiger partial charge in [-0.1, -0.05) is 30.1 Å². The molecular formula is C12H12Cl2N2S. The van der Waals surface area contributed by atoms with E-state index in [2.05, 4.69) is 11.9 Å². The van der Waals surface area contributed by atoms with Gasteiger partial charge in [0.25, 0.3) is 0 Å². The van der Waals surface area contributed by atoms with Gasteiger partial charge in [0.1, 0.15) is 0 Å². The van der Waals surface area contributed by atoms with E-state index in [4.69, 9.17) is 28.9 Å². The van der Waals surface area contributed by atoms with Crippen LogP contribution in [0.3, 0.4) is 0 Å². The lowest BCUT2D eigenvalue weighted by Crippen LogP contribution is -2.17. The summed E-state index contributed by atoms with van der Waals surface area (Å²) in [7, 11) is 0. The second kappa shape index (κ2) is 5.36. The van der Waals surface area contributed by atoms with E-state index in [9.17, 15) is 0 Å². The third-order valence-electron chi connectivity index (χ3n) is 2.81. The molecular weight excluding hydrogens is 275 g/mol. The van der Waals surface area contributed by atoms with Crippen LogP contribution in [-0.2, 0) is 0 Å². The smallest absolute Gasteiger partial charge is 0.0992 e. The lowest BCUT2D eigenvalue weighted by molar-refractivity contribution is 0.599. The molecule has 2 atom stereocenters. The summed E-state index contributed by atoms with van der Waals surface area (Å²) in [6, 6.07) is 5.61. The van der Waals surface area contributed by atoms with Gasteiger partial charge in [-0.15, -0.1) is 11.3 Å². The highest BCUT2D eigenvalue weighted by atomic mass is 35.5. The summed E-state index contributed by atoms with van der Waals surface area (Å²) in [5.41, 5.74) is 8.28. The maximum absolute atomic E-state index is 6.23. The van der Waals surface area contributed by atoms with E-state index < -0.39 is 0 Å². The first kappa shape index (κ1) is 12.8. The molecule has 0 bridgehead atoms. The summed E-state index contributed by atoms with van der Waals surface area (Å²) >= 11 is 13.4. The monoisotopic (exact) mass is 286 g/mol. The van der Waals surface area contributed by atoms with Crippen LogP contribution in [0.2, 0.25) is 8.67 Å². The Morgan fingerprint density at radius 1 is 1.29 bits per heavy atom. The molecule has 0 saturated carbocycles. The van der Waals surface area contributed by atoms with Crippen molar-refractivity contribution in [3.63, 3.8) is 0 Å². The van der Waals surface area contributed by atoms with Crippen LogP contribution in [-0.4, -0.2) is 4.98 Å². The molecule has 90 valence electrons. The quantitative estimate of drug-likeness (QED) is 0.916. The molecule has 0 fully saturated rings. The van der Waals surface area contributed by atoms with E-state index in [1.54, 1.807) is 12.4 Å². The molecule has 0 aliphatic heterocycles. The van der Waals surface area contributed by atoms with Crippen molar-refractivity contribution in [3.8, 4) is 0 Å². The van der Waals surface area contributed by atoms with E-state index in [-0.39, 0.29) is 12.0 Å². The molecule has 0 radical (unpaired) electrons. The van der Waals surface area contributed by atoms with Gasteiger partial charge in [0, 0.05) is 29.9 Å². The van der Waals surface area contributed by atoms with Crippen LogP contribution < -0.4 is 5.73 Å². The average Bonchev–Trinajstić information content (AvgIpc) is 2.68. The van der Waals surface area contributed by atoms with Crippen molar-refractivity contribution in [1.82, 2.24) is 4.98 Å². The van der Waals surface area contributed by atoms with Crippen molar-refractivity contribution in [2.45, 2.75) is 18.9 Å². The molecule has 2 unspecified atom stereocenters. The first-order valence-corrected chi connectivity index (χ1v) is 6.77. The lowest BCUT2D eigenvalue weighted by Gasteiger charge is -2.19. The van der Waals surface area contributed by atoms with Gasteiger partial charge in [-0.05, 0) is 23.8 Å². The molecule has 2 aromatic heterocycles. The zero-order valence-electron chi connectivity index (χ0n) is 9.23.